The van der Waals surface area contributed by atoms with E-state index in [0.29, 0.717) is 25.6 Å². The van der Waals surface area contributed by atoms with Crippen molar-refractivity contribution in [3.63, 3.8) is 0 Å². The van der Waals surface area contributed by atoms with Crippen LogP contribution in [0.2, 0.25) is 0 Å². The van der Waals surface area contributed by atoms with Crippen LogP contribution in [0.5, 0.6) is 0 Å². The maximum absolute atomic E-state index is 10.6. The SMILES string of the molecule is CCOCC=C[C@H](O)[C@H]1[C@@H]2CCC(O2)[C@@H]1CCC(O)c1ccccc1. The molecule has 2 N–H and O–H groups in total. The van der Waals surface area contributed by atoms with Gasteiger partial charge in [0.15, 0.2) is 0 Å². The number of ether oxygens (including phenoxy) is 2. The minimum Gasteiger partial charge on any atom is -0.389 e. The van der Waals surface area contributed by atoms with E-state index in [0.717, 1.165) is 24.8 Å². The van der Waals surface area contributed by atoms with Gasteiger partial charge in [0.25, 0.3) is 0 Å². The topological polar surface area (TPSA) is 58.9 Å². The van der Waals surface area contributed by atoms with Crippen molar-refractivity contribution < 1.29 is 19.7 Å². The number of fused-ring (bicyclic) bond motifs is 2. The first-order chi connectivity index (χ1) is 12.2. The van der Waals surface area contributed by atoms with Crippen LogP contribution in [0, 0.1) is 11.8 Å². The molecule has 6 atom stereocenters. The van der Waals surface area contributed by atoms with Crippen molar-refractivity contribution in [2.45, 2.75) is 57.0 Å². The maximum atomic E-state index is 10.6. The van der Waals surface area contributed by atoms with Gasteiger partial charge in [0.2, 0.25) is 0 Å². The van der Waals surface area contributed by atoms with Crippen molar-refractivity contribution in [1.29, 1.82) is 0 Å². The van der Waals surface area contributed by atoms with Crippen LogP contribution in [0.15, 0.2) is 42.5 Å². The standard InChI is InChI=1S/C21H30O4/c1-2-24-14-6-9-18(23)21-16(19-12-13-20(21)25-19)10-11-17(22)15-7-4-3-5-8-15/h3-9,16-23H,2,10-14H2,1H3/t16-,17?,18-,19?,20-,21-/m0/s1. The predicted octanol–water partition coefficient (Wildman–Crippen LogP) is 3.25. The molecular formula is C21H30O4. The monoisotopic (exact) mass is 346 g/mol. The molecule has 0 aromatic heterocycles. The second-order valence-electron chi connectivity index (χ2n) is 7.11. The van der Waals surface area contributed by atoms with Gasteiger partial charge in [-0.05, 0) is 44.1 Å². The average Bonchev–Trinajstić information content (AvgIpc) is 3.25. The van der Waals surface area contributed by atoms with Gasteiger partial charge in [0, 0.05) is 12.5 Å². The zero-order valence-electron chi connectivity index (χ0n) is 15.0. The number of hydrogen-bond acceptors (Lipinski definition) is 4. The maximum Gasteiger partial charge on any atom is 0.0790 e. The van der Waals surface area contributed by atoms with Crippen molar-refractivity contribution in [1.82, 2.24) is 0 Å². The van der Waals surface area contributed by atoms with Crippen LogP contribution in [0.3, 0.4) is 0 Å². The molecule has 0 saturated carbocycles. The summed E-state index contributed by atoms with van der Waals surface area (Å²) in [5.74, 6) is 0.434. The molecule has 0 radical (unpaired) electrons. The van der Waals surface area contributed by atoms with Gasteiger partial charge in [-0.25, -0.2) is 0 Å². The first kappa shape index (κ1) is 18.6. The fourth-order valence-electron chi connectivity index (χ4n) is 4.36. The van der Waals surface area contributed by atoms with E-state index in [4.69, 9.17) is 9.47 Å². The van der Waals surface area contributed by atoms with Gasteiger partial charge in [0.05, 0.1) is 31.0 Å². The van der Waals surface area contributed by atoms with Gasteiger partial charge >= 0.3 is 0 Å². The third-order valence-corrected chi connectivity index (χ3v) is 5.59. The summed E-state index contributed by atoms with van der Waals surface area (Å²) in [6.07, 6.45) is 6.85. The normalized spacial score (nSPS) is 30.8. The van der Waals surface area contributed by atoms with Gasteiger partial charge in [-0.1, -0.05) is 42.5 Å². The molecule has 2 aliphatic heterocycles. The van der Waals surface area contributed by atoms with Crippen LogP contribution in [-0.2, 0) is 9.47 Å². The van der Waals surface area contributed by atoms with Gasteiger partial charge in [-0.2, -0.15) is 0 Å². The second kappa shape index (κ2) is 8.95. The minimum atomic E-state index is -0.505. The molecular weight excluding hydrogens is 316 g/mol. The van der Waals surface area contributed by atoms with Crippen LogP contribution in [0.25, 0.3) is 0 Å². The summed E-state index contributed by atoms with van der Waals surface area (Å²) in [4.78, 5) is 0. The molecule has 25 heavy (non-hydrogen) atoms. The Balaban J connectivity index is 1.58. The fourth-order valence-corrected chi connectivity index (χ4v) is 4.36. The van der Waals surface area contributed by atoms with E-state index in [2.05, 4.69) is 0 Å². The summed E-state index contributed by atoms with van der Waals surface area (Å²) in [5, 5.41) is 21.1. The molecule has 1 aromatic rings. The van der Waals surface area contributed by atoms with Crippen molar-refractivity contribution in [3.05, 3.63) is 48.0 Å². The smallest absolute Gasteiger partial charge is 0.0790 e. The molecule has 3 rings (SSSR count). The molecule has 2 unspecified atom stereocenters. The Morgan fingerprint density at radius 3 is 2.72 bits per heavy atom. The van der Waals surface area contributed by atoms with E-state index in [1.54, 1.807) is 0 Å². The van der Waals surface area contributed by atoms with Crippen molar-refractivity contribution in [2.24, 2.45) is 11.8 Å². The molecule has 2 saturated heterocycles. The molecule has 2 aliphatic rings. The zero-order chi connectivity index (χ0) is 17.6. The molecule has 0 amide bonds. The third kappa shape index (κ3) is 4.50. The molecule has 0 aliphatic carbocycles. The predicted molar refractivity (Wildman–Crippen MR) is 97.2 cm³/mol. The highest BCUT2D eigenvalue weighted by molar-refractivity contribution is 5.17. The lowest BCUT2D eigenvalue weighted by Gasteiger charge is -2.31. The summed E-state index contributed by atoms with van der Waals surface area (Å²) in [6, 6.07) is 9.79. The van der Waals surface area contributed by atoms with Crippen LogP contribution in [0.4, 0.5) is 0 Å². The number of hydrogen-bond donors (Lipinski definition) is 2. The highest BCUT2D eigenvalue weighted by atomic mass is 16.5. The van der Waals surface area contributed by atoms with Crippen LogP contribution < -0.4 is 0 Å². The molecule has 1 aromatic carbocycles. The Hall–Kier alpha value is -1.20. The Labute approximate surface area is 150 Å². The summed E-state index contributed by atoms with van der Waals surface area (Å²) in [5.41, 5.74) is 0.959. The van der Waals surface area contributed by atoms with Gasteiger partial charge in [-0.3, -0.25) is 0 Å². The Kier molecular flexibility index (Phi) is 6.65. The van der Waals surface area contributed by atoms with Crippen LogP contribution >= 0.6 is 0 Å². The summed E-state index contributed by atoms with van der Waals surface area (Å²) in [7, 11) is 0. The first-order valence-electron chi connectivity index (χ1n) is 9.51. The van der Waals surface area contributed by atoms with Crippen molar-refractivity contribution in [3.8, 4) is 0 Å². The molecule has 2 fully saturated rings. The first-order valence-corrected chi connectivity index (χ1v) is 9.51. The van der Waals surface area contributed by atoms with E-state index in [1.807, 2.05) is 49.4 Å². The molecule has 4 heteroatoms. The number of aliphatic hydroxyl groups is 2. The lowest BCUT2D eigenvalue weighted by atomic mass is 9.73. The number of benzene rings is 1. The molecule has 2 heterocycles. The molecule has 0 spiro atoms. The minimum absolute atomic E-state index is 0.125. The molecule has 4 nitrogen and oxygen atoms in total. The summed E-state index contributed by atoms with van der Waals surface area (Å²) < 4.78 is 11.4. The highest BCUT2D eigenvalue weighted by Gasteiger charge is 2.50. The molecule has 138 valence electrons. The van der Waals surface area contributed by atoms with E-state index in [1.165, 1.54) is 0 Å². The number of rotatable bonds is 9. The Morgan fingerprint density at radius 2 is 1.96 bits per heavy atom. The van der Waals surface area contributed by atoms with E-state index in [-0.39, 0.29) is 18.1 Å². The van der Waals surface area contributed by atoms with E-state index < -0.39 is 12.2 Å². The van der Waals surface area contributed by atoms with E-state index in [9.17, 15) is 10.2 Å². The zero-order valence-corrected chi connectivity index (χ0v) is 15.0. The lowest BCUT2D eigenvalue weighted by Crippen LogP contribution is -2.35. The third-order valence-electron chi connectivity index (χ3n) is 5.59. The second-order valence-corrected chi connectivity index (χ2v) is 7.11. The highest BCUT2D eigenvalue weighted by Crippen LogP contribution is 2.47. The largest absolute Gasteiger partial charge is 0.389 e. The van der Waals surface area contributed by atoms with Crippen LogP contribution in [0.1, 0.15) is 44.3 Å². The Bertz CT molecular complexity index is 544. The fraction of sp³-hybridized carbons (Fsp3) is 0.619. The van der Waals surface area contributed by atoms with Gasteiger partial charge in [-0.15, -0.1) is 0 Å². The average molecular weight is 346 g/mol. The lowest BCUT2D eigenvalue weighted by molar-refractivity contribution is 0.0593. The van der Waals surface area contributed by atoms with Crippen molar-refractivity contribution in [2.75, 3.05) is 13.2 Å². The number of aliphatic hydroxyl groups excluding tert-OH is 2. The Morgan fingerprint density at radius 1 is 1.20 bits per heavy atom. The van der Waals surface area contributed by atoms with Gasteiger partial charge < -0.3 is 19.7 Å². The quantitative estimate of drug-likeness (QED) is 0.532. The summed E-state index contributed by atoms with van der Waals surface area (Å²) in [6.45, 7) is 3.17. The van der Waals surface area contributed by atoms with Crippen LogP contribution in [-0.4, -0.2) is 41.7 Å². The summed E-state index contributed by atoms with van der Waals surface area (Å²) >= 11 is 0. The van der Waals surface area contributed by atoms with Crippen molar-refractivity contribution >= 4 is 0 Å². The van der Waals surface area contributed by atoms with E-state index >= 15 is 0 Å². The molecule has 2 bridgehead atoms. The van der Waals surface area contributed by atoms with Gasteiger partial charge in [0.1, 0.15) is 0 Å².